The third-order valence-electron chi connectivity index (χ3n) is 2.98. The molecule has 1 aromatic rings. The second-order valence-corrected chi connectivity index (χ2v) is 4.66. The predicted octanol–water partition coefficient (Wildman–Crippen LogP) is 1.68. The topological polar surface area (TPSA) is 58.6 Å². The van der Waals surface area contributed by atoms with Gasteiger partial charge < -0.3 is 10.1 Å². The number of carbonyl (C=O) groups excluding carboxylic acids is 2. The number of hydrogen-bond acceptors (Lipinski definition) is 4. The minimum absolute atomic E-state index is 0.0957. The van der Waals surface area contributed by atoms with Gasteiger partial charge in [0.15, 0.2) is 0 Å². The second kappa shape index (κ2) is 8.32. The number of likely N-dealkylation sites (N-methyl/N-ethyl adjacent to an activating group) is 1. The van der Waals surface area contributed by atoms with Gasteiger partial charge in [-0.15, -0.1) is 0 Å². The molecular weight excluding hydrogens is 256 g/mol. The van der Waals surface area contributed by atoms with Crippen molar-refractivity contribution in [2.24, 2.45) is 0 Å². The third-order valence-corrected chi connectivity index (χ3v) is 2.98. The lowest BCUT2D eigenvalue weighted by Crippen LogP contribution is -2.31. The van der Waals surface area contributed by atoms with E-state index in [0.29, 0.717) is 6.54 Å². The fourth-order valence-corrected chi connectivity index (χ4v) is 1.73. The lowest BCUT2D eigenvalue weighted by molar-refractivity contribution is -0.141. The van der Waals surface area contributed by atoms with E-state index in [4.69, 9.17) is 0 Å². The molecule has 20 heavy (non-hydrogen) atoms. The zero-order valence-corrected chi connectivity index (χ0v) is 12.3. The number of aryl methyl sites for hydroxylation is 1. The minimum Gasteiger partial charge on any atom is -0.469 e. The number of amides is 1. The molecule has 5 nitrogen and oxygen atoms in total. The van der Waals surface area contributed by atoms with E-state index in [2.05, 4.69) is 17.0 Å². The van der Waals surface area contributed by atoms with Crippen molar-refractivity contribution in [2.75, 3.05) is 32.6 Å². The number of methoxy groups -OCH3 is 1. The van der Waals surface area contributed by atoms with Crippen LogP contribution < -0.4 is 5.32 Å². The molecular formula is C15H22N2O3. The van der Waals surface area contributed by atoms with Crippen molar-refractivity contribution in [2.45, 2.75) is 19.8 Å². The van der Waals surface area contributed by atoms with Gasteiger partial charge in [0.25, 0.3) is 0 Å². The zero-order chi connectivity index (χ0) is 15.0. The Kier molecular flexibility index (Phi) is 6.73. The Labute approximate surface area is 119 Å². The number of carbonyl (C=O) groups is 2. The van der Waals surface area contributed by atoms with E-state index in [9.17, 15) is 9.59 Å². The van der Waals surface area contributed by atoms with Crippen LogP contribution >= 0.6 is 0 Å². The first kappa shape index (κ1) is 16.2. The van der Waals surface area contributed by atoms with Crippen molar-refractivity contribution in [1.29, 1.82) is 0 Å². The lowest BCUT2D eigenvalue weighted by Gasteiger charge is -2.15. The Hall–Kier alpha value is -1.88. The quantitative estimate of drug-likeness (QED) is 0.771. The van der Waals surface area contributed by atoms with Crippen LogP contribution in [0.4, 0.5) is 5.69 Å². The van der Waals surface area contributed by atoms with Crippen LogP contribution in [-0.4, -0.2) is 44.0 Å². The Balaban J connectivity index is 2.36. The normalized spacial score (nSPS) is 10.4. The molecule has 0 saturated carbocycles. The molecule has 1 rings (SSSR count). The lowest BCUT2D eigenvalue weighted by atomic mass is 10.1. The summed E-state index contributed by atoms with van der Waals surface area (Å²) in [5.74, 6) is -0.367. The van der Waals surface area contributed by atoms with Gasteiger partial charge in [-0.3, -0.25) is 14.5 Å². The van der Waals surface area contributed by atoms with E-state index in [1.54, 1.807) is 11.9 Å². The zero-order valence-electron chi connectivity index (χ0n) is 12.3. The summed E-state index contributed by atoms with van der Waals surface area (Å²) >= 11 is 0. The SMILES string of the molecule is CCc1ccc(NC(=O)CN(C)CCC(=O)OC)cc1. The van der Waals surface area contributed by atoms with Crippen molar-refractivity contribution < 1.29 is 14.3 Å². The number of benzene rings is 1. The van der Waals surface area contributed by atoms with E-state index >= 15 is 0 Å². The highest BCUT2D eigenvalue weighted by atomic mass is 16.5. The summed E-state index contributed by atoms with van der Waals surface area (Å²) in [5.41, 5.74) is 2.02. The molecule has 0 aliphatic rings. The Morgan fingerprint density at radius 1 is 1.25 bits per heavy atom. The molecule has 0 heterocycles. The monoisotopic (exact) mass is 278 g/mol. The van der Waals surface area contributed by atoms with Gasteiger partial charge in [0.2, 0.25) is 5.91 Å². The molecule has 110 valence electrons. The summed E-state index contributed by atoms with van der Waals surface area (Å²) in [6.07, 6.45) is 1.26. The smallest absolute Gasteiger partial charge is 0.306 e. The van der Waals surface area contributed by atoms with E-state index in [-0.39, 0.29) is 24.8 Å². The van der Waals surface area contributed by atoms with Gasteiger partial charge in [0.05, 0.1) is 20.1 Å². The first-order valence-corrected chi connectivity index (χ1v) is 6.69. The molecule has 0 fully saturated rings. The molecule has 0 aliphatic carbocycles. The number of nitrogens with one attached hydrogen (secondary N) is 1. The van der Waals surface area contributed by atoms with Crippen molar-refractivity contribution in [3.8, 4) is 0 Å². The van der Waals surface area contributed by atoms with Gasteiger partial charge in [-0.05, 0) is 31.2 Å². The van der Waals surface area contributed by atoms with Crippen LogP contribution in [-0.2, 0) is 20.7 Å². The number of hydrogen-bond donors (Lipinski definition) is 1. The van der Waals surface area contributed by atoms with E-state index in [0.717, 1.165) is 12.1 Å². The first-order chi connectivity index (χ1) is 9.55. The van der Waals surface area contributed by atoms with Gasteiger partial charge in [0.1, 0.15) is 0 Å². The summed E-state index contributed by atoms with van der Waals surface area (Å²) < 4.78 is 4.56. The average molecular weight is 278 g/mol. The highest BCUT2D eigenvalue weighted by Crippen LogP contribution is 2.09. The summed E-state index contributed by atoms with van der Waals surface area (Å²) in [6.45, 7) is 2.82. The van der Waals surface area contributed by atoms with Gasteiger partial charge >= 0.3 is 5.97 Å². The Morgan fingerprint density at radius 2 is 1.90 bits per heavy atom. The maximum Gasteiger partial charge on any atom is 0.306 e. The molecule has 1 amide bonds. The fourth-order valence-electron chi connectivity index (χ4n) is 1.73. The average Bonchev–Trinajstić information content (AvgIpc) is 2.45. The second-order valence-electron chi connectivity index (χ2n) is 4.66. The minimum atomic E-state index is -0.271. The summed E-state index contributed by atoms with van der Waals surface area (Å²) in [5, 5.41) is 2.83. The maximum absolute atomic E-state index is 11.8. The summed E-state index contributed by atoms with van der Waals surface area (Å²) in [7, 11) is 3.15. The van der Waals surface area contributed by atoms with Crippen molar-refractivity contribution in [1.82, 2.24) is 4.90 Å². The van der Waals surface area contributed by atoms with Crippen LogP contribution in [0.15, 0.2) is 24.3 Å². The molecule has 5 heteroatoms. The number of anilines is 1. The third kappa shape index (κ3) is 5.84. The fraction of sp³-hybridized carbons (Fsp3) is 0.467. The predicted molar refractivity (Wildman–Crippen MR) is 78.6 cm³/mol. The molecule has 0 saturated heterocycles. The van der Waals surface area contributed by atoms with Crippen LogP contribution in [0.25, 0.3) is 0 Å². The van der Waals surface area contributed by atoms with Crippen molar-refractivity contribution in [3.63, 3.8) is 0 Å². The van der Waals surface area contributed by atoms with Crippen LogP contribution in [0.1, 0.15) is 18.9 Å². The molecule has 0 atom stereocenters. The van der Waals surface area contributed by atoms with Crippen LogP contribution in [0.3, 0.4) is 0 Å². The van der Waals surface area contributed by atoms with Gasteiger partial charge in [-0.1, -0.05) is 19.1 Å². The first-order valence-electron chi connectivity index (χ1n) is 6.69. The highest BCUT2D eigenvalue weighted by molar-refractivity contribution is 5.92. The van der Waals surface area contributed by atoms with Crippen molar-refractivity contribution >= 4 is 17.6 Å². The number of rotatable bonds is 7. The highest BCUT2D eigenvalue weighted by Gasteiger charge is 2.09. The molecule has 0 aromatic heterocycles. The standard InChI is InChI=1S/C15H22N2O3/c1-4-12-5-7-13(8-6-12)16-14(18)11-17(2)10-9-15(19)20-3/h5-8H,4,9-11H2,1-3H3,(H,16,18). The molecule has 0 radical (unpaired) electrons. The molecule has 0 spiro atoms. The van der Waals surface area contributed by atoms with Crippen LogP contribution in [0.5, 0.6) is 0 Å². The summed E-state index contributed by atoms with van der Waals surface area (Å²) in [6, 6.07) is 7.78. The molecule has 0 bridgehead atoms. The van der Waals surface area contributed by atoms with Crippen LogP contribution in [0.2, 0.25) is 0 Å². The van der Waals surface area contributed by atoms with Gasteiger partial charge in [-0.25, -0.2) is 0 Å². The number of esters is 1. The van der Waals surface area contributed by atoms with E-state index in [1.807, 2.05) is 24.3 Å². The number of ether oxygens (including phenoxy) is 1. The molecule has 1 N–H and O–H groups in total. The molecule has 0 aliphatic heterocycles. The Bertz CT molecular complexity index is 443. The summed E-state index contributed by atoms with van der Waals surface area (Å²) in [4.78, 5) is 24.6. The maximum atomic E-state index is 11.8. The largest absolute Gasteiger partial charge is 0.469 e. The van der Waals surface area contributed by atoms with Crippen LogP contribution in [0, 0.1) is 0 Å². The molecule has 1 aromatic carbocycles. The van der Waals surface area contributed by atoms with Gasteiger partial charge in [-0.2, -0.15) is 0 Å². The Morgan fingerprint density at radius 3 is 2.45 bits per heavy atom. The van der Waals surface area contributed by atoms with Crippen molar-refractivity contribution in [3.05, 3.63) is 29.8 Å². The van der Waals surface area contributed by atoms with Gasteiger partial charge in [0, 0.05) is 12.2 Å². The molecule has 0 unspecified atom stereocenters. The van der Waals surface area contributed by atoms with E-state index < -0.39 is 0 Å². The number of nitrogens with zero attached hydrogens (tertiary/aromatic N) is 1. The van der Waals surface area contributed by atoms with E-state index in [1.165, 1.54) is 12.7 Å².